The van der Waals surface area contributed by atoms with Crippen LogP contribution in [0.4, 0.5) is 0 Å². The van der Waals surface area contributed by atoms with Gasteiger partial charge in [-0.1, -0.05) is 0 Å². The largest absolute Gasteiger partial charge is 0.462 e. The molecule has 4 heteroatoms. The predicted octanol–water partition coefficient (Wildman–Crippen LogP) is 1.48. The number of carbonyl (C=O) groups is 1. The van der Waals surface area contributed by atoms with E-state index in [0.717, 1.165) is 25.7 Å². The van der Waals surface area contributed by atoms with Crippen LogP contribution < -0.4 is 0 Å². The maximum absolute atomic E-state index is 11.0. The summed E-state index contributed by atoms with van der Waals surface area (Å²) in [4.78, 5) is 11.0. The highest BCUT2D eigenvalue weighted by molar-refractivity contribution is 5.66. The summed E-state index contributed by atoms with van der Waals surface area (Å²) in [5, 5.41) is 0. The Morgan fingerprint density at radius 3 is 2.62 bits per heavy atom. The molecule has 90 valence electrons. The monoisotopic (exact) mass is 226 g/mol. The van der Waals surface area contributed by atoms with Crippen molar-refractivity contribution in [3.05, 3.63) is 0 Å². The molecule has 3 atom stereocenters. The number of hydrogen-bond acceptors (Lipinski definition) is 4. The molecule has 0 aromatic heterocycles. The molecular weight excluding hydrogens is 208 g/mol. The zero-order valence-electron chi connectivity index (χ0n) is 9.61. The Balaban J connectivity index is 1.73. The first-order valence-corrected chi connectivity index (χ1v) is 6.15. The number of hydrogen-bond donors (Lipinski definition) is 0. The first-order chi connectivity index (χ1) is 7.70. The zero-order chi connectivity index (χ0) is 11.2. The van der Waals surface area contributed by atoms with Crippen molar-refractivity contribution < 1.29 is 19.0 Å². The van der Waals surface area contributed by atoms with Gasteiger partial charge in [-0.25, -0.2) is 0 Å². The Labute approximate surface area is 95.2 Å². The van der Waals surface area contributed by atoms with Gasteiger partial charge >= 0.3 is 5.97 Å². The molecule has 0 N–H and O–H groups in total. The predicted molar refractivity (Wildman–Crippen MR) is 55.6 cm³/mol. The maximum atomic E-state index is 11.0. The highest BCUT2D eigenvalue weighted by Crippen LogP contribution is 2.52. The van der Waals surface area contributed by atoms with Crippen molar-refractivity contribution >= 4 is 5.97 Å². The fraction of sp³-hybridized carbons (Fsp3) is 0.917. The third-order valence-corrected chi connectivity index (χ3v) is 4.19. The Morgan fingerprint density at radius 1 is 1.31 bits per heavy atom. The fourth-order valence-corrected chi connectivity index (χ4v) is 3.54. The Bertz CT molecular complexity index is 295. The van der Waals surface area contributed by atoms with Crippen LogP contribution in [0.1, 0.15) is 32.6 Å². The quantitative estimate of drug-likeness (QED) is 0.635. The van der Waals surface area contributed by atoms with E-state index in [2.05, 4.69) is 0 Å². The molecular formula is C12H18O4. The lowest BCUT2D eigenvalue weighted by Gasteiger charge is -2.50. The van der Waals surface area contributed by atoms with E-state index in [-0.39, 0.29) is 17.9 Å². The minimum Gasteiger partial charge on any atom is -0.462 e. The SMILES string of the molecule is CC(=O)O[C@H]1C[C@@H]2CC[C@H]1CC21OCCO1. The van der Waals surface area contributed by atoms with Gasteiger partial charge < -0.3 is 14.2 Å². The van der Waals surface area contributed by atoms with E-state index in [1.807, 2.05) is 0 Å². The number of fused-ring (bicyclic) bond motifs is 2. The van der Waals surface area contributed by atoms with E-state index in [4.69, 9.17) is 14.2 Å². The second-order valence-corrected chi connectivity index (χ2v) is 5.13. The molecule has 1 spiro atoms. The van der Waals surface area contributed by atoms with Crippen LogP contribution >= 0.6 is 0 Å². The lowest BCUT2D eigenvalue weighted by molar-refractivity contribution is -0.259. The summed E-state index contributed by atoms with van der Waals surface area (Å²) in [7, 11) is 0. The van der Waals surface area contributed by atoms with Gasteiger partial charge in [0.1, 0.15) is 6.10 Å². The van der Waals surface area contributed by atoms with Crippen LogP contribution in [0.2, 0.25) is 0 Å². The van der Waals surface area contributed by atoms with Gasteiger partial charge in [0.15, 0.2) is 5.79 Å². The Kier molecular flexibility index (Phi) is 2.44. The van der Waals surface area contributed by atoms with Crippen molar-refractivity contribution in [2.75, 3.05) is 13.2 Å². The molecule has 4 fully saturated rings. The average Bonchev–Trinajstić information content (AvgIpc) is 2.68. The van der Waals surface area contributed by atoms with Gasteiger partial charge in [0, 0.05) is 25.2 Å². The molecule has 4 aliphatic rings. The van der Waals surface area contributed by atoms with E-state index < -0.39 is 0 Å². The standard InChI is InChI=1S/C12H18O4/c1-8(13)16-11-6-10-3-2-9(11)7-12(10)14-4-5-15-12/h9-11H,2-7H2,1H3/t9-,10-,11-/m0/s1. The van der Waals surface area contributed by atoms with Gasteiger partial charge in [0.05, 0.1) is 13.2 Å². The molecule has 3 aliphatic carbocycles. The molecule has 3 saturated carbocycles. The van der Waals surface area contributed by atoms with Gasteiger partial charge in [-0.3, -0.25) is 4.79 Å². The highest BCUT2D eigenvalue weighted by atomic mass is 16.7. The smallest absolute Gasteiger partial charge is 0.302 e. The van der Waals surface area contributed by atoms with E-state index >= 15 is 0 Å². The van der Waals surface area contributed by atoms with Gasteiger partial charge in [-0.2, -0.15) is 0 Å². The molecule has 1 heterocycles. The zero-order valence-corrected chi connectivity index (χ0v) is 9.61. The molecule has 0 amide bonds. The van der Waals surface area contributed by atoms with Crippen molar-refractivity contribution in [1.29, 1.82) is 0 Å². The minimum atomic E-state index is -0.334. The molecule has 0 aromatic rings. The summed E-state index contributed by atoms with van der Waals surface area (Å²) in [6, 6.07) is 0. The Hall–Kier alpha value is -0.610. The van der Waals surface area contributed by atoms with Crippen molar-refractivity contribution in [2.45, 2.75) is 44.5 Å². The van der Waals surface area contributed by atoms with E-state index in [1.54, 1.807) is 0 Å². The molecule has 1 aliphatic heterocycles. The van der Waals surface area contributed by atoms with Crippen LogP contribution in [0, 0.1) is 11.8 Å². The van der Waals surface area contributed by atoms with E-state index in [0.29, 0.717) is 25.0 Å². The third-order valence-electron chi connectivity index (χ3n) is 4.19. The van der Waals surface area contributed by atoms with Crippen LogP contribution in [0.15, 0.2) is 0 Å². The maximum Gasteiger partial charge on any atom is 0.302 e. The number of ether oxygens (including phenoxy) is 3. The molecule has 4 nitrogen and oxygen atoms in total. The summed E-state index contributed by atoms with van der Waals surface area (Å²) >= 11 is 0. The van der Waals surface area contributed by atoms with E-state index in [1.165, 1.54) is 6.92 Å². The summed E-state index contributed by atoms with van der Waals surface area (Å²) in [5.74, 6) is 0.329. The lowest BCUT2D eigenvalue weighted by Crippen LogP contribution is -2.54. The number of carbonyl (C=O) groups excluding carboxylic acids is 1. The van der Waals surface area contributed by atoms with Crippen molar-refractivity contribution in [3.63, 3.8) is 0 Å². The van der Waals surface area contributed by atoms with Gasteiger partial charge in [-0.15, -0.1) is 0 Å². The summed E-state index contributed by atoms with van der Waals surface area (Å²) in [5.41, 5.74) is 0. The lowest BCUT2D eigenvalue weighted by atomic mass is 9.65. The van der Waals surface area contributed by atoms with Gasteiger partial charge in [0.25, 0.3) is 0 Å². The Morgan fingerprint density at radius 2 is 2.06 bits per heavy atom. The first kappa shape index (κ1) is 10.5. The van der Waals surface area contributed by atoms with Gasteiger partial charge in [-0.05, 0) is 19.3 Å². The molecule has 4 rings (SSSR count). The molecule has 0 aromatic carbocycles. The summed E-state index contributed by atoms with van der Waals surface area (Å²) in [6.07, 6.45) is 4.18. The third kappa shape index (κ3) is 1.55. The minimum absolute atomic E-state index is 0.0923. The normalized spacial score (nSPS) is 40.2. The molecule has 16 heavy (non-hydrogen) atoms. The number of esters is 1. The molecule has 2 bridgehead atoms. The van der Waals surface area contributed by atoms with Crippen LogP contribution in [0.25, 0.3) is 0 Å². The highest BCUT2D eigenvalue weighted by Gasteiger charge is 2.55. The van der Waals surface area contributed by atoms with Crippen molar-refractivity contribution in [2.24, 2.45) is 11.8 Å². The van der Waals surface area contributed by atoms with Crippen LogP contribution in [0.5, 0.6) is 0 Å². The second kappa shape index (κ2) is 3.70. The topological polar surface area (TPSA) is 44.8 Å². The molecule has 0 radical (unpaired) electrons. The van der Waals surface area contributed by atoms with Crippen LogP contribution in [-0.2, 0) is 19.0 Å². The fourth-order valence-electron chi connectivity index (χ4n) is 3.54. The van der Waals surface area contributed by atoms with Crippen LogP contribution in [0.3, 0.4) is 0 Å². The first-order valence-electron chi connectivity index (χ1n) is 6.15. The molecule has 1 saturated heterocycles. The van der Waals surface area contributed by atoms with Crippen LogP contribution in [-0.4, -0.2) is 31.1 Å². The second-order valence-electron chi connectivity index (χ2n) is 5.13. The van der Waals surface area contributed by atoms with E-state index in [9.17, 15) is 4.79 Å². The summed E-state index contributed by atoms with van der Waals surface area (Å²) < 4.78 is 17.0. The average molecular weight is 226 g/mol. The van der Waals surface area contributed by atoms with Gasteiger partial charge in [0.2, 0.25) is 0 Å². The molecule has 0 unspecified atom stereocenters. The number of rotatable bonds is 1. The van der Waals surface area contributed by atoms with Crippen molar-refractivity contribution in [3.8, 4) is 0 Å². The summed E-state index contributed by atoms with van der Waals surface area (Å²) in [6.45, 7) is 2.91. The van der Waals surface area contributed by atoms with Crippen molar-refractivity contribution in [1.82, 2.24) is 0 Å².